The summed E-state index contributed by atoms with van der Waals surface area (Å²) in [7, 11) is -3.47. The normalized spacial score (nSPS) is 11.1. The lowest BCUT2D eigenvalue weighted by molar-refractivity contribution is 0.102. The fourth-order valence-electron chi connectivity index (χ4n) is 2.52. The van der Waals surface area contributed by atoms with Crippen LogP contribution in [0.3, 0.4) is 0 Å². The Morgan fingerprint density at radius 3 is 2.48 bits per heavy atom. The predicted molar refractivity (Wildman–Crippen MR) is 110 cm³/mol. The number of carbonyl (C=O) groups excluding carboxylic acids is 1. The Hall–Kier alpha value is -2.90. The van der Waals surface area contributed by atoms with Crippen molar-refractivity contribution in [1.29, 1.82) is 0 Å². The predicted octanol–water partition coefficient (Wildman–Crippen LogP) is 4.71. The summed E-state index contributed by atoms with van der Waals surface area (Å²) in [6.07, 6.45) is 1.06. The van der Waals surface area contributed by atoms with Gasteiger partial charge in [-0.2, -0.15) is 0 Å². The van der Waals surface area contributed by atoms with Gasteiger partial charge in [0.1, 0.15) is 18.2 Å². The molecule has 0 aliphatic carbocycles. The molecule has 0 bridgehead atoms. The highest BCUT2D eigenvalue weighted by molar-refractivity contribution is 7.90. The smallest absolute Gasteiger partial charge is 0.257 e. The molecule has 0 spiro atoms. The second-order valence-corrected chi connectivity index (χ2v) is 8.73. The lowest BCUT2D eigenvalue weighted by Crippen LogP contribution is -2.13. The zero-order chi connectivity index (χ0) is 21.0. The van der Waals surface area contributed by atoms with Crippen LogP contribution in [0.5, 0.6) is 5.75 Å². The van der Waals surface area contributed by atoms with Gasteiger partial charge in [0.05, 0.1) is 15.5 Å². The summed E-state index contributed by atoms with van der Waals surface area (Å²) in [6.45, 7) is 0.236. The molecule has 1 N–H and O–H groups in total. The van der Waals surface area contributed by atoms with Crippen LogP contribution < -0.4 is 10.1 Å². The van der Waals surface area contributed by atoms with Crippen LogP contribution in [0.2, 0.25) is 5.02 Å². The molecule has 0 aliphatic heterocycles. The molecule has 0 saturated carbocycles. The summed E-state index contributed by atoms with van der Waals surface area (Å²) < 4.78 is 42.1. The molecule has 0 fully saturated rings. The van der Waals surface area contributed by atoms with Crippen LogP contribution in [0.4, 0.5) is 10.1 Å². The van der Waals surface area contributed by atoms with Crippen LogP contribution in [0.1, 0.15) is 15.9 Å². The third kappa shape index (κ3) is 5.56. The fraction of sp³-hybridized carbons (Fsp3) is 0.0952. The highest BCUT2D eigenvalue weighted by Crippen LogP contribution is 2.23. The maximum atomic E-state index is 13.0. The highest BCUT2D eigenvalue weighted by Gasteiger charge is 2.16. The third-order valence-corrected chi connectivity index (χ3v) is 5.46. The number of carbonyl (C=O) groups is 1. The summed E-state index contributed by atoms with van der Waals surface area (Å²) in [5.74, 6) is -0.364. The molecule has 5 nitrogen and oxygen atoms in total. The van der Waals surface area contributed by atoms with Gasteiger partial charge in [-0.1, -0.05) is 29.8 Å². The molecular formula is C21H17ClFNO4S. The molecule has 0 saturated heterocycles. The van der Waals surface area contributed by atoms with Gasteiger partial charge in [0.15, 0.2) is 9.84 Å². The molecular weight excluding hydrogens is 417 g/mol. The van der Waals surface area contributed by atoms with Crippen LogP contribution in [-0.2, 0) is 16.4 Å². The second-order valence-electron chi connectivity index (χ2n) is 6.31. The number of benzene rings is 3. The molecule has 1 amide bonds. The van der Waals surface area contributed by atoms with Gasteiger partial charge in [-0.05, 0) is 48.0 Å². The Bertz CT molecular complexity index is 1150. The molecule has 0 unspecified atom stereocenters. The summed E-state index contributed by atoms with van der Waals surface area (Å²) >= 11 is 6.06. The Kier molecular flexibility index (Phi) is 6.20. The zero-order valence-electron chi connectivity index (χ0n) is 15.4. The number of amides is 1. The highest BCUT2D eigenvalue weighted by atomic mass is 35.5. The summed E-state index contributed by atoms with van der Waals surface area (Å²) in [5, 5.41) is 2.81. The van der Waals surface area contributed by atoms with Crippen LogP contribution in [0, 0.1) is 5.82 Å². The monoisotopic (exact) mass is 433 g/mol. The van der Waals surface area contributed by atoms with E-state index >= 15 is 0 Å². The third-order valence-electron chi connectivity index (χ3n) is 4.02. The second kappa shape index (κ2) is 8.63. The van der Waals surface area contributed by atoms with Crippen molar-refractivity contribution in [3.8, 4) is 5.75 Å². The number of rotatable bonds is 6. The molecule has 0 atom stereocenters. The van der Waals surface area contributed by atoms with Crippen molar-refractivity contribution in [2.24, 2.45) is 0 Å². The topological polar surface area (TPSA) is 72.5 Å². The fourth-order valence-corrected chi connectivity index (χ4v) is 3.37. The molecule has 8 heteroatoms. The Balaban J connectivity index is 1.73. The van der Waals surface area contributed by atoms with Crippen LogP contribution in [-0.4, -0.2) is 20.6 Å². The SMILES string of the molecule is CS(=O)(=O)c1ccc(Cl)c(C(=O)Nc2cccc(OCc3ccc(F)cc3)c2)c1. The minimum atomic E-state index is -3.47. The maximum Gasteiger partial charge on any atom is 0.257 e. The van der Waals surface area contributed by atoms with Crippen LogP contribution in [0.15, 0.2) is 71.6 Å². The van der Waals surface area contributed by atoms with Gasteiger partial charge in [0.2, 0.25) is 0 Å². The molecule has 0 radical (unpaired) electrons. The van der Waals surface area contributed by atoms with Gasteiger partial charge < -0.3 is 10.1 Å². The molecule has 150 valence electrons. The number of sulfone groups is 1. The largest absolute Gasteiger partial charge is 0.489 e. The van der Waals surface area contributed by atoms with Crippen molar-refractivity contribution in [1.82, 2.24) is 0 Å². The van der Waals surface area contributed by atoms with Crippen molar-refractivity contribution in [3.05, 3.63) is 88.7 Å². The molecule has 0 aliphatic rings. The van der Waals surface area contributed by atoms with Crippen molar-refractivity contribution < 1.29 is 22.3 Å². The van der Waals surface area contributed by atoms with E-state index < -0.39 is 15.7 Å². The van der Waals surface area contributed by atoms with Gasteiger partial charge >= 0.3 is 0 Å². The first-order valence-electron chi connectivity index (χ1n) is 8.50. The van der Waals surface area contributed by atoms with E-state index in [1.165, 1.54) is 30.3 Å². The number of hydrogen-bond acceptors (Lipinski definition) is 4. The number of hydrogen-bond donors (Lipinski definition) is 1. The van der Waals surface area contributed by atoms with Crippen molar-refractivity contribution >= 4 is 33.0 Å². The van der Waals surface area contributed by atoms with Gasteiger partial charge in [-0.15, -0.1) is 0 Å². The van der Waals surface area contributed by atoms with E-state index in [2.05, 4.69) is 5.32 Å². The Labute approximate surface area is 173 Å². The first-order chi connectivity index (χ1) is 13.7. The average Bonchev–Trinajstić information content (AvgIpc) is 2.67. The minimum absolute atomic E-state index is 0.00318. The van der Waals surface area contributed by atoms with E-state index in [9.17, 15) is 17.6 Å². The van der Waals surface area contributed by atoms with E-state index in [1.54, 1.807) is 36.4 Å². The quantitative estimate of drug-likeness (QED) is 0.610. The van der Waals surface area contributed by atoms with E-state index in [4.69, 9.17) is 16.3 Å². The molecule has 0 heterocycles. The van der Waals surface area contributed by atoms with E-state index in [0.717, 1.165) is 11.8 Å². The average molecular weight is 434 g/mol. The number of ether oxygens (including phenoxy) is 1. The molecule has 29 heavy (non-hydrogen) atoms. The van der Waals surface area contributed by atoms with Crippen LogP contribution in [0.25, 0.3) is 0 Å². The standard InChI is InChI=1S/C21H17ClFNO4S/c1-29(26,27)18-9-10-20(22)19(12-18)21(25)24-16-3-2-4-17(11-16)28-13-14-5-7-15(23)8-6-14/h2-12H,13H2,1H3,(H,24,25). The zero-order valence-corrected chi connectivity index (χ0v) is 16.9. The summed E-state index contributed by atoms with van der Waals surface area (Å²) in [5.41, 5.74) is 1.30. The van der Waals surface area contributed by atoms with Crippen LogP contribution >= 0.6 is 11.6 Å². The first kappa shape index (κ1) is 20.8. The molecule has 3 aromatic carbocycles. The molecule has 3 rings (SSSR count). The number of halogens is 2. The lowest BCUT2D eigenvalue weighted by atomic mass is 10.2. The van der Waals surface area contributed by atoms with Crippen molar-refractivity contribution in [2.75, 3.05) is 11.6 Å². The Morgan fingerprint density at radius 1 is 1.07 bits per heavy atom. The van der Waals surface area contributed by atoms with Gasteiger partial charge in [0.25, 0.3) is 5.91 Å². The summed E-state index contributed by atoms with van der Waals surface area (Å²) in [4.78, 5) is 12.6. The van der Waals surface area contributed by atoms with E-state index in [0.29, 0.717) is 11.4 Å². The van der Waals surface area contributed by atoms with E-state index in [1.807, 2.05) is 0 Å². The van der Waals surface area contributed by atoms with Gasteiger partial charge in [0, 0.05) is 18.0 Å². The summed E-state index contributed by atoms with van der Waals surface area (Å²) in [6, 6.07) is 16.6. The molecule has 3 aromatic rings. The first-order valence-corrected chi connectivity index (χ1v) is 10.8. The lowest BCUT2D eigenvalue weighted by Gasteiger charge is -2.11. The number of anilines is 1. The number of nitrogens with one attached hydrogen (secondary N) is 1. The van der Waals surface area contributed by atoms with E-state index in [-0.39, 0.29) is 27.9 Å². The minimum Gasteiger partial charge on any atom is -0.489 e. The molecule has 0 aromatic heterocycles. The van der Waals surface area contributed by atoms with Gasteiger partial charge in [-0.3, -0.25) is 4.79 Å². The Morgan fingerprint density at radius 2 is 1.79 bits per heavy atom. The van der Waals surface area contributed by atoms with Crippen molar-refractivity contribution in [2.45, 2.75) is 11.5 Å². The maximum absolute atomic E-state index is 13.0. The van der Waals surface area contributed by atoms with Gasteiger partial charge in [-0.25, -0.2) is 12.8 Å². The van der Waals surface area contributed by atoms with Crippen molar-refractivity contribution in [3.63, 3.8) is 0 Å².